The van der Waals surface area contributed by atoms with Gasteiger partial charge in [0, 0.05) is 0 Å². The molecule has 0 atom stereocenters. The number of rotatable bonds is 3. The molecule has 1 aromatic rings. The molecule has 1 nitrogen and oxygen atoms in total. The lowest BCUT2D eigenvalue weighted by atomic mass is 10.1. The SMILES string of the molecule is [O]C=CCCc1ccccc1. The molecule has 1 radical (unpaired) electrons. The molecule has 0 bridgehead atoms. The van der Waals surface area contributed by atoms with Crippen LogP contribution in [0, 0.1) is 0 Å². The monoisotopic (exact) mass is 147 g/mol. The predicted octanol–water partition coefficient (Wildman–Crippen LogP) is 2.56. The van der Waals surface area contributed by atoms with Crippen molar-refractivity contribution in [3.8, 4) is 0 Å². The maximum atomic E-state index is 9.94. The zero-order valence-corrected chi connectivity index (χ0v) is 6.36. The summed E-state index contributed by atoms with van der Waals surface area (Å²) >= 11 is 0. The summed E-state index contributed by atoms with van der Waals surface area (Å²) in [7, 11) is 0. The molecule has 0 N–H and O–H groups in total. The average Bonchev–Trinajstić information content (AvgIpc) is 2.07. The summed E-state index contributed by atoms with van der Waals surface area (Å²) in [6.45, 7) is 0. The van der Waals surface area contributed by atoms with Crippen molar-refractivity contribution in [2.75, 3.05) is 0 Å². The molecule has 0 aliphatic rings. The van der Waals surface area contributed by atoms with Gasteiger partial charge in [-0.3, -0.25) is 5.11 Å². The van der Waals surface area contributed by atoms with Gasteiger partial charge in [-0.15, -0.1) is 0 Å². The van der Waals surface area contributed by atoms with Crippen LogP contribution in [0.25, 0.3) is 0 Å². The molecule has 0 spiro atoms. The second-order valence-electron chi connectivity index (χ2n) is 2.40. The van der Waals surface area contributed by atoms with E-state index < -0.39 is 0 Å². The van der Waals surface area contributed by atoms with Crippen LogP contribution in [-0.4, -0.2) is 0 Å². The van der Waals surface area contributed by atoms with E-state index in [1.807, 2.05) is 18.2 Å². The van der Waals surface area contributed by atoms with Gasteiger partial charge in [0.1, 0.15) is 6.26 Å². The Morgan fingerprint density at radius 2 is 1.91 bits per heavy atom. The highest BCUT2D eigenvalue weighted by atomic mass is 16.2. The van der Waals surface area contributed by atoms with E-state index in [9.17, 15) is 5.11 Å². The quantitative estimate of drug-likeness (QED) is 0.585. The molecule has 0 aromatic heterocycles. The van der Waals surface area contributed by atoms with Crippen LogP contribution >= 0.6 is 0 Å². The summed E-state index contributed by atoms with van der Waals surface area (Å²) in [5.74, 6) is 0. The van der Waals surface area contributed by atoms with E-state index in [0.717, 1.165) is 19.1 Å². The van der Waals surface area contributed by atoms with Gasteiger partial charge >= 0.3 is 0 Å². The van der Waals surface area contributed by atoms with Crippen molar-refractivity contribution in [3.63, 3.8) is 0 Å². The maximum Gasteiger partial charge on any atom is 0.138 e. The lowest BCUT2D eigenvalue weighted by Crippen LogP contribution is -1.80. The van der Waals surface area contributed by atoms with Gasteiger partial charge < -0.3 is 0 Å². The van der Waals surface area contributed by atoms with Crippen molar-refractivity contribution in [2.45, 2.75) is 12.8 Å². The Morgan fingerprint density at radius 3 is 2.55 bits per heavy atom. The van der Waals surface area contributed by atoms with Crippen LogP contribution in [0.2, 0.25) is 0 Å². The van der Waals surface area contributed by atoms with Crippen LogP contribution in [0.15, 0.2) is 42.7 Å². The summed E-state index contributed by atoms with van der Waals surface area (Å²) in [6, 6.07) is 10.1. The van der Waals surface area contributed by atoms with Crippen molar-refractivity contribution < 1.29 is 5.11 Å². The van der Waals surface area contributed by atoms with Crippen molar-refractivity contribution in [1.29, 1.82) is 0 Å². The lowest BCUT2D eigenvalue weighted by Gasteiger charge is -1.94. The van der Waals surface area contributed by atoms with E-state index in [2.05, 4.69) is 12.1 Å². The minimum Gasteiger partial charge on any atom is -0.299 e. The third-order valence-corrected chi connectivity index (χ3v) is 1.54. The third kappa shape index (κ3) is 2.89. The van der Waals surface area contributed by atoms with Crippen molar-refractivity contribution in [1.82, 2.24) is 0 Å². The lowest BCUT2D eigenvalue weighted by molar-refractivity contribution is 0.350. The fourth-order valence-corrected chi connectivity index (χ4v) is 0.963. The number of hydrogen-bond donors (Lipinski definition) is 0. The van der Waals surface area contributed by atoms with E-state index >= 15 is 0 Å². The summed E-state index contributed by atoms with van der Waals surface area (Å²) in [5.41, 5.74) is 1.28. The highest BCUT2D eigenvalue weighted by Crippen LogP contribution is 2.02. The molecule has 11 heavy (non-hydrogen) atoms. The maximum absolute atomic E-state index is 9.94. The van der Waals surface area contributed by atoms with E-state index in [4.69, 9.17) is 0 Å². The van der Waals surface area contributed by atoms with Crippen molar-refractivity contribution >= 4 is 0 Å². The number of benzene rings is 1. The smallest absolute Gasteiger partial charge is 0.138 e. The van der Waals surface area contributed by atoms with Crippen LogP contribution < -0.4 is 0 Å². The second-order valence-corrected chi connectivity index (χ2v) is 2.40. The van der Waals surface area contributed by atoms with Gasteiger partial charge in [0.05, 0.1) is 0 Å². The Hall–Kier alpha value is -1.24. The van der Waals surface area contributed by atoms with Gasteiger partial charge in [0.2, 0.25) is 0 Å². The molecule has 0 amide bonds. The second kappa shape index (κ2) is 4.56. The Kier molecular flexibility index (Phi) is 3.26. The summed E-state index contributed by atoms with van der Waals surface area (Å²) in [5, 5.41) is 9.94. The summed E-state index contributed by atoms with van der Waals surface area (Å²) in [6.07, 6.45) is 4.29. The molecule has 0 aliphatic heterocycles. The zero-order chi connectivity index (χ0) is 7.94. The Bertz CT molecular complexity index is 214. The molecule has 0 saturated carbocycles. The van der Waals surface area contributed by atoms with Crippen LogP contribution in [0.4, 0.5) is 0 Å². The molecule has 1 aromatic carbocycles. The normalized spacial score (nSPS) is 10.5. The number of aryl methyl sites for hydroxylation is 1. The fourth-order valence-electron chi connectivity index (χ4n) is 0.963. The first-order valence-electron chi connectivity index (χ1n) is 3.74. The molecule has 0 saturated heterocycles. The van der Waals surface area contributed by atoms with Crippen molar-refractivity contribution in [3.05, 3.63) is 48.2 Å². The van der Waals surface area contributed by atoms with Crippen LogP contribution in [-0.2, 0) is 11.5 Å². The molecule has 0 fully saturated rings. The summed E-state index contributed by atoms with van der Waals surface area (Å²) in [4.78, 5) is 0. The number of allylic oxidation sites excluding steroid dienone is 1. The zero-order valence-electron chi connectivity index (χ0n) is 6.36. The van der Waals surface area contributed by atoms with Crippen LogP contribution in [0.1, 0.15) is 12.0 Å². The molecule has 0 unspecified atom stereocenters. The number of hydrogen-bond acceptors (Lipinski definition) is 0. The molecule has 1 heteroatoms. The molecule has 1 rings (SSSR count). The largest absolute Gasteiger partial charge is 0.299 e. The molecular formula is C10H11O. The van der Waals surface area contributed by atoms with E-state index in [1.165, 1.54) is 5.56 Å². The topological polar surface area (TPSA) is 19.9 Å². The minimum atomic E-state index is 0.841. The minimum absolute atomic E-state index is 0.841. The molecular weight excluding hydrogens is 136 g/mol. The Balaban J connectivity index is 2.39. The van der Waals surface area contributed by atoms with E-state index in [1.54, 1.807) is 6.08 Å². The average molecular weight is 147 g/mol. The van der Waals surface area contributed by atoms with E-state index in [-0.39, 0.29) is 0 Å². The molecule has 57 valence electrons. The highest BCUT2D eigenvalue weighted by Gasteiger charge is 1.87. The predicted molar refractivity (Wildman–Crippen MR) is 44.6 cm³/mol. The van der Waals surface area contributed by atoms with Crippen LogP contribution in [0.3, 0.4) is 0 Å². The first-order valence-corrected chi connectivity index (χ1v) is 3.74. The van der Waals surface area contributed by atoms with Gasteiger partial charge in [0.25, 0.3) is 0 Å². The first kappa shape index (κ1) is 7.86. The van der Waals surface area contributed by atoms with Crippen molar-refractivity contribution in [2.24, 2.45) is 0 Å². The molecule has 0 aliphatic carbocycles. The van der Waals surface area contributed by atoms with Gasteiger partial charge in [0.15, 0.2) is 0 Å². The molecule has 0 heterocycles. The van der Waals surface area contributed by atoms with Crippen LogP contribution in [0.5, 0.6) is 0 Å². The van der Waals surface area contributed by atoms with Gasteiger partial charge in [-0.05, 0) is 24.5 Å². The Labute approximate surface area is 67.0 Å². The van der Waals surface area contributed by atoms with E-state index in [0.29, 0.717) is 0 Å². The van der Waals surface area contributed by atoms with Gasteiger partial charge in [-0.2, -0.15) is 0 Å². The Morgan fingerprint density at radius 1 is 1.18 bits per heavy atom. The van der Waals surface area contributed by atoms with Gasteiger partial charge in [-0.1, -0.05) is 30.3 Å². The third-order valence-electron chi connectivity index (χ3n) is 1.54. The summed E-state index contributed by atoms with van der Waals surface area (Å²) < 4.78 is 0. The highest BCUT2D eigenvalue weighted by molar-refractivity contribution is 5.14. The first-order chi connectivity index (χ1) is 5.43. The standard InChI is InChI=1S/C10H11O/c11-9-5-4-8-10-6-2-1-3-7-10/h1-3,5-7,9H,4,8H2. The fraction of sp³-hybridized carbons (Fsp3) is 0.200. The van der Waals surface area contributed by atoms with Gasteiger partial charge in [-0.25, -0.2) is 0 Å².